The number of hydrogen-bond acceptors (Lipinski definition) is 6. The Hall–Kier alpha value is -3.26. The minimum Gasteiger partial charge on any atom is -0.497 e. The van der Waals surface area contributed by atoms with Crippen molar-refractivity contribution >= 4 is 21.7 Å². The van der Waals surface area contributed by atoms with Crippen molar-refractivity contribution in [3.8, 4) is 5.75 Å². The number of nitrogens with zero attached hydrogens (tertiary/aromatic N) is 1. The van der Waals surface area contributed by atoms with Crippen LogP contribution in [0.15, 0.2) is 70.0 Å². The summed E-state index contributed by atoms with van der Waals surface area (Å²) in [4.78, 5) is 11.8. The first kappa shape index (κ1) is 20.5. The van der Waals surface area contributed by atoms with Gasteiger partial charge in [0.1, 0.15) is 11.5 Å². The molecule has 0 aliphatic carbocycles. The molecular formula is C21H21NO6S. The van der Waals surface area contributed by atoms with Gasteiger partial charge in [0.15, 0.2) is 0 Å². The van der Waals surface area contributed by atoms with Crippen molar-refractivity contribution in [1.29, 1.82) is 0 Å². The minimum absolute atomic E-state index is 0.00455. The second-order valence-electron chi connectivity index (χ2n) is 6.28. The molecule has 2 aromatic carbocycles. The first-order valence-electron chi connectivity index (χ1n) is 8.75. The molecule has 3 rings (SSSR count). The van der Waals surface area contributed by atoms with Crippen LogP contribution in [0.3, 0.4) is 0 Å². The number of ether oxygens (including phenoxy) is 2. The van der Waals surface area contributed by atoms with E-state index in [1.165, 1.54) is 24.6 Å². The summed E-state index contributed by atoms with van der Waals surface area (Å²) in [5.74, 6) is 0.280. The van der Waals surface area contributed by atoms with Crippen LogP contribution in [0.1, 0.15) is 21.9 Å². The molecule has 0 fully saturated rings. The molecule has 8 heteroatoms. The maximum Gasteiger partial charge on any atom is 0.373 e. The highest BCUT2D eigenvalue weighted by atomic mass is 32.2. The fourth-order valence-electron chi connectivity index (χ4n) is 2.72. The molecule has 3 aromatic rings. The Morgan fingerprint density at radius 2 is 1.62 bits per heavy atom. The van der Waals surface area contributed by atoms with E-state index in [1.54, 1.807) is 54.6 Å². The number of sulfonamides is 1. The molecule has 0 aliphatic rings. The molecule has 0 N–H and O–H groups in total. The molecule has 0 atom stereocenters. The Kier molecular flexibility index (Phi) is 5.93. The quantitative estimate of drug-likeness (QED) is 0.546. The van der Waals surface area contributed by atoms with Crippen LogP contribution in [0.4, 0.5) is 5.69 Å². The van der Waals surface area contributed by atoms with Crippen LogP contribution in [0.5, 0.6) is 5.75 Å². The molecule has 1 heterocycles. The summed E-state index contributed by atoms with van der Waals surface area (Å²) in [6, 6.07) is 16.2. The Labute approximate surface area is 169 Å². The number of methoxy groups -OCH3 is 2. The van der Waals surface area contributed by atoms with E-state index in [0.29, 0.717) is 17.2 Å². The Morgan fingerprint density at radius 1 is 0.966 bits per heavy atom. The second-order valence-corrected chi connectivity index (χ2v) is 8.14. The van der Waals surface area contributed by atoms with Crippen LogP contribution in [0.2, 0.25) is 0 Å². The van der Waals surface area contributed by atoms with E-state index in [-0.39, 0.29) is 17.2 Å². The van der Waals surface area contributed by atoms with E-state index in [0.717, 1.165) is 5.56 Å². The van der Waals surface area contributed by atoms with Gasteiger partial charge in [-0.25, -0.2) is 13.2 Å². The largest absolute Gasteiger partial charge is 0.497 e. The molecule has 0 unspecified atom stereocenters. The zero-order chi connectivity index (χ0) is 21.0. The SMILES string of the molecule is COC(=O)c1ccc(CN(c2ccc(OC)cc2)S(=O)(=O)c2ccc(C)cc2)o1. The topological polar surface area (TPSA) is 86.0 Å². The van der Waals surface area contributed by atoms with Gasteiger partial charge in [-0.05, 0) is 55.5 Å². The predicted molar refractivity (Wildman–Crippen MR) is 108 cm³/mol. The minimum atomic E-state index is -3.89. The van der Waals surface area contributed by atoms with Gasteiger partial charge in [-0.3, -0.25) is 4.31 Å². The van der Waals surface area contributed by atoms with E-state index >= 15 is 0 Å². The lowest BCUT2D eigenvalue weighted by Gasteiger charge is -2.24. The monoisotopic (exact) mass is 415 g/mol. The molecule has 0 spiro atoms. The van der Waals surface area contributed by atoms with E-state index in [2.05, 4.69) is 4.74 Å². The Morgan fingerprint density at radius 3 is 2.21 bits per heavy atom. The van der Waals surface area contributed by atoms with Gasteiger partial charge in [0.05, 0.1) is 31.3 Å². The summed E-state index contributed by atoms with van der Waals surface area (Å²) in [6.07, 6.45) is 0. The number of hydrogen-bond donors (Lipinski definition) is 0. The molecule has 0 amide bonds. The van der Waals surface area contributed by atoms with E-state index in [4.69, 9.17) is 9.15 Å². The predicted octanol–water partition coefficient (Wildman–Crippen LogP) is 3.78. The number of rotatable bonds is 7. The Bertz CT molecular complexity index is 1080. The third kappa shape index (κ3) is 4.43. The van der Waals surface area contributed by atoms with E-state index < -0.39 is 16.0 Å². The highest BCUT2D eigenvalue weighted by Crippen LogP contribution is 2.28. The molecule has 0 bridgehead atoms. The number of carbonyl (C=O) groups excluding carboxylic acids is 1. The van der Waals surface area contributed by atoms with Gasteiger partial charge in [0.25, 0.3) is 10.0 Å². The van der Waals surface area contributed by atoms with Gasteiger partial charge in [-0.2, -0.15) is 0 Å². The van der Waals surface area contributed by atoms with Crippen molar-refractivity contribution in [3.05, 3.63) is 77.7 Å². The zero-order valence-electron chi connectivity index (χ0n) is 16.3. The molecule has 1 aromatic heterocycles. The maximum absolute atomic E-state index is 13.4. The van der Waals surface area contributed by atoms with Crippen molar-refractivity contribution in [1.82, 2.24) is 0 Å². The molecule has 0 saturated heterocycles. The van der Waals surface area contributed by atoms with Crippen molar-refractivity contribution in [3.63, 3.8) is 0 Å². The maximum atomic E-state index is 13.4. The number of carbonyl (C=O) groups is 1. The summed E-state index contributed by atoms with van der Waals surface area (Å²) >= 11 is 0. The van der Waals surface area contributed by atoms with Gasteiger partial charge in [-0.1, -0.05) is 17.7 Å². The summed E-state index contributed by atoms with van der Waals surface area (Å²) in [7, 11) is -1.11. The van der Waals surface area contributed by atoms with Gasteiger partial charge >= 0.3 is 5.97 Å². The van der Waals surface area contributed by atoms with Crippen molar-refractivity contribution in [2.75, 3.05) is 18.5 Å². The van der Waals surface area contributed by atoms with Gasteiger partial charge < -0.3 is 13.9 Å². The third-order valence-electron chi connectivity index (χ3n) is 4.32. The molecule has 29 heavy (non-hydrogen) atoms. The highest BCUT2D eigenvalue weighted by molar-refractivity contribution is 7.92. The van der Waals surface area contributed by atoms with Crippen LogP contribution in [-0.2, 0) is 21.3 Å². The fourth-order valence-corrected chi connectivity index (χ4v) is 4.15. The first-order chi connectivity index (χ1) is 13.8. The average Bonchev–Trinajstić information content (AvgIpc) is 3.20. The average molecular weight is 415 g/mol. The molecular weight excluding hydrogens is 394 g/mol. The van der Waals surface area contributed by atoms with E-state index in [1.807, 2.05) is 6.92 Å². The molecule has 0 radical (unpaired) electrons. The molecule has 0 aliphatic heterocycles. The number of benzene rings is 2. The second kappa shape index (κ2) is 8.40. The highest BCUT2D eigenvalue weighted by Gasteiger charge is 2.27. The molecule has 0 saturated carbocycles. The van der Waals surface area contributed by atoms with Crippen molar-refractivity contribution in [2.24, 2.45) is 0 Å². The zero-order valence-corrected chi connectivity index (χ0v) is 17.1. The Balaban J connectivity index is 2.02. The van der Waals surface area contributed by atoms with E-state index in [9.17, 15) is 13.2 Å². The van der Waals surface area contributed by atoms with Crippen molar-refractivity contribution in [2.45, 2.75) is 18.4 Å². The lowest BCUT2D eigenvalue weighted by molar-refractivity contribution is 0.0563. The smallest absolute Gasteiger partial charge is 0.373 e. The van der Waals surface area contributed by atoms with Crippen LogP contribution < -0.4 is 9.04 Å². The standard InChI is InChI=1S/C21H21NO6S/c1-15-4-11-19(12-5-15)29(24,25)22(16-6-8-17(26-2)9-7-16)14-18-10-13-20(28-18)21(23)27-3/h4-13H,14H2,1-3H3. The lowest BCUT2D eigenvalue weighted by Crippen LogP contribution is -2.30. The lowest BCUT2D eigenvalue weighted by atomic mass is 10.2. The fraction of sp³-hybridized carbons (Fsp3) is 0.190. The van der Waals surface area contributed by atoms with Gasteiger partial charge in [-0.15, -0.1) is 0 Å². The normalized spacial score (nSPS) is 11.1. The van der Waals surface area contributed by atoms with Gasteiger partial charge in [0, 0.05) is 0 Å². The van der Waals surface area contributed by atoms with Crippen molar-refractivity contribution < 1.29 is 27.1 Å². The number of furan rings is 1. The number of esters is 1. The van der Waals surface area contributed by atoms with Crippen LogP contribution >= 0.6 is 0 Å². The summed E-state index contributed by atoms with van der Waals surface area (Å²) in [5, 5.41) is 0. The third-order valence-corrected chi connectivity index (χ3v) is 6.11. The number of anilines is 1. The molecule has 152 valence electrons. The summed E-state index contributed by atoms with van der Waals surface area (Å²) < 4.78 is 43.2. The van der Waals surface area contributed by atoms with Crippen LogP contribution in [0, 0.1) is 6.92 Å². The van der Waals surface area contributed by atoms with Crippen LogP contribution in [0.25, 0.3) is 0 Å². The van der Waals surface area contributed by atoms with Gasteiger partial charge in [0.2, 0.25) is 5.76 Å². The van der Waals surface area contributed by atoms with Crippen LogP contribution in [-0.4, -0.2) is 28.6 Å². The first-order valence-corrected chi connectivity index (χ1v) is 10.2. The summed E-state index contributed by atoms with van der Waals surface area (Å²) in [6.45, 7) is 1.79. The number of aryl methyl sites for hydroxylation is 1. The molecule has 7 nitrogen and oxygen atoms in total. The summed E-state index contributed by atoms with van der Waals surface area (Å²) in [5.41, 5.74) is 1.39.